The lowest BCUT2D eigenvalue weighted by Gasteiger charge is -2.08. The smallest absolute Gasteiger partial charge is 0.407 e. The molecule has 2 aromatic rings. The van der Waals surface area contributed by atoms with E-state index in [0.29, 0.717) is 85.6 Å². The van der Waals surface area contributed by atoms with Crippen LogP contribution in [0.4, 0.5) is 4.79 Å². The van der Waals surface area contributed by atoms with Crippen LogP contribution in [0.5, 0.6) is 0 Å². The van der Waals surface area contributed by atoms with Gasteiger partial charge in [-0.15, -0.1) is 0 Å². The fourth-order valence-corrected chi connectivity index (χ4v) is 2.65. The maximum Gasteiger partial charge on any atom is 0.407 e. The number of nitrogens with one attached hydrogen (secondary N) is 1. The van der Waals surface area contributed by atoms with Crippen molar-refractivity contribution in [3.05, 3.63) is 71.8 Å². The maximum absolute atomic E-state index is 11.4. The van der Waals surface area contributed by atoms with Crippen LogP contribution < -0.4 is 22.5 Å². The highest BCUT2D eigenvalue weighted by Gasteiger charge is 2.01. The monoisotopic (exact) mass is 580 g/mol. The summed E-state index contributed by atoms with van der Waals surface area (Å²) in [6, 6.07) is 19.1. The van der Waals surface area contributed by atoms with Gasteiger partial charge in [0.25, 0.3) is 0 Å². The number of amides is 1. The minimum atomic E-state index is -0.447. The van der Waals surface area contributed by atoms with E-state index >= 15 is 0 Å². The van der Waals surface area contributed by atoms with Crippen LogP contribution in [0.1, 0.15) is 18.1 Å². The van der Waals surface area contributed by atoms with E-state index in [9.17, 15) is 9.59 Å². The van der Waals surface area contributed by atoms with E-state index in [-0.39, 0.29) is 12.6 Å². The molecule has 0 spiro atoms. The second-order valence-corrected chi connectivity index (χ2v) is 8.07. The Kier molecular flexibility index (Phi) is 27.6. The second kappa shape index (κ2) is 29.9. The topological polar surface area (TPSA) is 180 Å². The van der Waals surface area contributed by atoms with Gasteiger partial charge in [-0.05, 0) is 11.1 Å². The standard InChI is InChI=1S/C14H22N2O4.C9H10O2.C6H16N2O2/c15-6-8-18-10-11-19-9-7-16-14(17)20-12-13-4-2-1-3-5-13;1-8(10)11-7-9-5-3-2-4-6-9;7-1-3-9-5-6-10-4-2-8/h1-5H,6-12,15H2,(H,16,17);2-6H,7H2,1H3;1-8H2. The summed E-state index contributed by atoms with van der Waals surface area (Å²) in [6.45, 7) is 8.47. The van der Waals surface area contributed by atoms with Gasteiger partial charge in [-0.3, -0.25) is 4.79 Å². The predicted octanol–water partition coefficient (Wildman–Crippen LogP) is 1.59. The van der Waals surface area contributed by atoms with Gasteiger partial charge in [-0.1, -0.05) is 60.7 Å². The van der Waals surface area contributed by atoms with Gasteiger partial charge in [0, 0.05) is 33.1 Å². The molecule has 7 N–H and O–H groups in total. The number of esters is 1. The summed E-state index contributed by atoms with van der Waals surface area (Å²) in [7, 11) is 0. The minimum Gasteiger partial charge on any atom is -0.461 e. The van der Waals surface area contributed by atoms with E-state index in [0.717, 1.165) is 11.1 Å². The largest absolute Gasteiger partial charge is 0.461 e. The molecule has 0 aromatic heterocycles. The summed E-state index contributed by atoms with van der Waals surface area (Å²) in [6.07, 6.45) is -0.447. The number of benzene rings is 2. The number of rotatable bonds is 19. The average molecular weight is 581 g/mol. The number of hydrogen-bond donors (Lipinski definition) is 4. The van der Waals surface area contributed by atoms with Gasteiger partial charge in [-0.2, -0.15) is 0 Å². The molecule has 0 saturated heterocycles. The quantitative estimate of drug-likeness (QED) is 0.140. The van der Waals surface area contributed by atoms with Crippen LogP contribution in [-0.4, -0.2) is 91.1 Å². The normalized spacial score (nSPS) is 9.95. The van der Waals surface area contributed by atoms with Crippen molar-refractivity contribution in [3.63, 3.8) is 0 Å². The Balaban J connectivity index is 0.000000644. The molecule has 0 aliphatic rings. The van der Waals surface area contributed by atoms with Crippen LogP contribution in [-0.2, 0) is 46.4 Å². The molecule has 0 bridgehead atoms. The molecule has 12 heteroatoms. The highest BCUT2D eigenvalue weighted by atomic mass is 16.6. The lowest BCUT2D eigenvalue weighted by Crippen LogP contribution is -2.28. The summed E-state index contributed by atoms with van der Waals surface area (Å²) in [5.41, 5.74) is 17.6. The first kappa shape index (κ1) is 37.9. The van der Waals surface area contributed by atoms with Crippen molar-refractivity contribution in [3.8, 4) is 0 Å². The molecule has 41 heavy (non-hydrogen) atoms. The van der Waals surface area contributed by atoms with Crippen LogP contribution in [0.15, 0.2) is 60.7 Å². The summed E-state index contributed by atoms with van der Waals surface area (Å²) < 4.78 is 30.3. The van der Waals surface area contributed by atoms with Crippen LogP contribution in [0.2, 0.25) is 0 Å². The van der Waals surface area contributed by atoms with Crippen molar-refractivity contribution in [2.75, 3.05) is 79.0 Å². The fraction of sp³-hybridized carbons (Fsp3) is 0.517. The maximum atomic E-state index is 11.4. The molecule has 0 aliphatic heterocycles. The van der Waals surface area contributed by atoms with Crippen molar-refractivity contribution in [1.29, 1.82) is 0 Å². The van der Waals surface area contributed by atoms with Crippen molar-refractivity contribution < 1.29 is 38.0 Å². The van der Waals surface area contributed by atoms with Crippen LogP contribution in [0.3, 0.4) is 0 Å². The average Bonchev–Trinajstić information content (AvgIpc) is 3.00. The van der Waals surface area contributed by atoms with Crippen LogP contribution in [0.25, 0.3) is 0 Å². The van der Waals surface area contributed by atoms with Gasteiger partial charge in [0.2, 0.25) is 0 Å². The zero-order valence-corrected chi connectivity index (χ0v) is 24.2. The number of alkyl carbamates (subject to hydrolysis) is 1. The van der Waals surface area contributed by atoms with E-state index < -0.39 is 6.09 Å². The van der Waals surface area contributed by atoms with Crippen molar-refractivity contribution >= 4 is 12.1 Å². The third-order valence-corrected chi connectivity index (χ3v) is 4.54. The van der Waals surface area contributed by atoms with Gasteiger partial charge >= 0.3 is 12.1 Å². The number of ether oxygens (including phenoxy) is 6. The Morgan fingerprint density at radius 2 is 0.976 bits per heavy atom. The van der Waals surface area contributed by atoms with Gasteiger partial charge < -0.3 is 50.9 Å². The minimum absolute atomic E-state index is 0.242. The second-order valence-electron chi connectivity index (χ2n) is 8.07. The highest BCUT2D eigenvalue weighted by Crippen LogP contribution is 2.01. The van der Waals surface area contributed by atoms with Crippen LogP contribution >= 0.6 is 0 Å². The van der Waals surface area contributed by atoms with Gasteiger partial charge in [0.15, 0.2) is 0 Å². The Labute approximate surface area is 243 Å². The van der Waals surface area contributed by atoms with E-state index in [4.69, 9.17) is 45.6 Å². The molecular weight excluding hydrogens is 532 g/mol. The molecule has 2 aromatic carbocycles. The van der Waals surface area contributed by atoms with Gasteiger partial charge in [-0.25, -0.2) is 4.79 Å². The number of nitrogens with two attached hydrogens (primary N) is 3. The molecule has 0 radical (unpaired) electrons. The molecule has 0 aliphatic carbocycles. The molecule has 0 atom stereocenters. The van der Waals surface area contributed by atoms with Crippen molar-refractivity contribution in [2.24, 2.45) is 17.2 Å². The third kappa shape index (κ3) is 28.2. The van der Waals surface area contributed by atoms with Gasteiger partial charge in [0.05, 0.1) is 52.9 Å². The number of carbonyl (C=O) groups is 2. The molecule has 2 rings (SSSR count). The molecule has 232 valence electrons. The van der Waals surface area contributed by atoms with E-state index in [1.807, 2.05) is 60.7 Å². The van der Waals surface area contributed by atoms with E-state index in [1.165, 1.54) is 6.92 Å². The van der Waals surface area contributed by atoms with Crippen molar-refractivity contribution in [1.82, 2.24) is 5.32 Å². The van der Waals surface area contributed by atoms with Gasteiger partial charge in [0.1, 0.15) is 13.2 Å². The van der Waals surface area contributed by atoms with E-state index in [2.05, 4.69) is 5.32 Å². The molecule has 12 nitrogen and oxygen atoms in total. The van der Waals surface area contributed by atoms with E-state index in [1.54, 1.807) is 0 Å². The third-order valence-electron chi connectivity index (χ3n) is 4.54. The summed E-state index contributed by atoms with van der Waals surface area (Å²) in [5.74, 6) is -0.242. The SMILES string of the molecule is CC(=O)OCc1ccccc1.NCCOCCOCCN.NCCOCCOCCNC(=O)OCc1ccccc1. The molecular formula is C29H48N4O8. The molecule has 1 amide bonds. The Bertz CT molecular complexity index is 839. The zero-order chi connectivity index (χ0) is 30.2. The fourth-order valence-electron chi connectivity index (χ4n) is 2.65. The first-order valence-electron chi connectivity index (χ1n) is 13.6. The number of carbonyl (C=O) groups excluding carboxylic acids is 2. The van der Waals surface area contributed by atoms with Crippen molar-refractivity contribution in [2.45, 2.75) is 20.1 Å². The lowest BCUT2D eigenvalue weighted by molar-refractivity contribution is -0.142. The summed E-state index contributed by atoms with van der Waals surface area (Å²) >= 11 is 0. The highest BCUT2D eigenvalue weighted by molar-refractivity contribution is 5.67. The molecule has 0 heterocycles. The Morgan fingerprint density at radius 1 is 0.585 bits per heavy atom. The summed E-state index contributed by atoms with van der Waals surface area (Å²) in [5, 5.41) is 2.61. The molecule has 0 saturated carbocycles. The first-order valence-corrected chi connectivity index (χ1v) is 13.6. The predicted molar refractivity (Wildman–Crippen MR) is 157 cm³/mol. The first-order chi connectivity index (χ1) is 20.0. The summed E-state index contributed by atoms with van der Waals surface area (Å²) in [4.78, 5) is 21.8. The Morgan fingerprint density at radius 3 is 1.37 bits per heavy atom. The lowest BCUT2D eigenvalue weighted by atomic mass is 10.2. The zero-order valence-electron chi connectivity index (χ0n) is 24.2. The van der Waals surface area contributed by atoms with Crippen LogP contribution in [0, 0.1) is 0 Å². The molecule has 0 fully saturated rings. The number of hydrogen-bond acceptors (Lipinski definition) is 11. The Hall–Kier alpha value is -3.10. The molecule has 0 unspecified atom stereocenters.